The molecule has 0 unspecified atom stereocenters. The molecule has 2 aromatic rings. The first-order valence-electron chi connectivity index (χ1n) is 11.1. The highest BCUT2D eigenvalue weighted by Crippen LogP contribution is 2.48. The van der Waals surface area contributed by atoms with Crippen molar-refractivity contribution in [3.63, 3.8) is 0 Å². The van der Waals surface area contributed by atoms with Crippen LogP contribution in [0.15, 0.2) is 0 Å². The smallest absolute Gasteiger partial charge is 0.151 e. The third-order valence-corrected chi connectivity index (χ3v) is 8.37. The first-order valence-corrected chi connectivity index (χ1v) is 12.7. The number of fused-ring (bicyclic) bond motifs is 1. The molecule has 30 heavy (non-hydrogen) atoms. The first-order chi connectivity index (χ1) is 14.4. The van der Waals surface area contributed by atoms with Crippen LogP contribution < -0.4 is 5.73 Å². The lowest BCUT2D eigenvalue weighted by Crippen LogP contribution is -2.24. The van der Waals surface area contributed by atoms with Gasteiger partial charge >= 0.3 is 0 Å². The molecule has 1 aliphatic carbocycles. The van der Waals surface area contributed by atoms with E-state index >= 15 is 0 Å². The number of nitrogens with zero attached hydrogens (tertiary/aromatic N) is 4. The fourth-order valence-corrected chi connectivity index (χ4v) is 5.90. The molecule has 2 aromatic heterocycles. The summed E-state index contributed by atoms with van der Waals surface area (Å²) in [4.78, 5) is 9.32. The Hall–Kier alpha value is -1.39. The predicted octanol–water partition coefficient (Wildman–Crippen LogP) is 3.75. The Balaban J connectivity index is 1.37. The minimum atomic E-state index is -2.52. The summed E-state index contributed by atoms with van der Waals surface area (Å²) in [6.45, 7) is 7.45. The fourth-order valence-electron chi connectivity index (χ4n) is 4.29. The van der Waals surface area contributed by atoms with E-state index in [1.165, 1.54) is 19.3 Å². The number of hydrogen-bond donors (Lipinski definition) is 3. The average Bonchev–Trinajstić information content (AvgIpc) is 3.36. The minimum Gasteiger partial charge on any atom is -0.382 e. The standard InChI is InChI=1S/C21H35N5O3S/c1-15-16(2)23-21(22)19-20(15)26(18(24-19)8-7-17-5-6-17)11-13-29-12-3-9-25-10-4-14-30(25,27)28/h17,27-28H,3-14H2,1-2H3,(H2,22,23). The Labute approximate surface area is 180 Å². The number of ether oxygens (including phenoxy) is 1. The van der Waals surface area contributed by atoms with Crippen molar-refractivity contribution in [3.8, 4) is 0 Å². The molecule has 0 spiro atoms. The molecule has 3 heterocycles. The lowest BCUT2D eigenvalue weighted by Gasteiger charge is -2.36. The van der Waals surface area contributed by atoms with Crippen molar-refractivity contribution < 1.29 is 13.8 Å². The van der Waals surface area contributed by atoms with E-state index in [2.05, 4.69) is 16.5 Å². The van der Waals surface area contributed by atoms with E-state index in [1.54, 1.807) is 4.31 Å². The number of imidazole rings is 1. The highest BCUT2D eigenvalue weighted by Gasteiger charge is 2.28. The Morgan fingerprint density at radius 3 is 2.67 bits per heavy atom. The van der Waals surface area contributed by atoms with Crippen molar-refractivity contribution in [1.82, 2.24) is 18.8 Å². The summed E-state index contributed by atoms with van der Waals surface area (Å²) in [5, 5.41) is 0. The summed E-state index contributed by atoms with van der Waals surface area (Å²) in [5.41, 5.74) is 10.2. The summed E-state index contributed by atoms with van der Waals surface area (Å²) in [7, 11) is -2.52. The molecule has 0 amide bonds. The van der Waals surface area contributed by atoms with Gasteiger partial charge in [0.1, 0.15) is 11.3 Å². The van der Waals surface area contributed by atoms with E-state index in [0.29, 0.717) is 31.3 Å². The zero-order valence-electron chi connectivity index (χ0n) is 18.1. The maximum absolute atomic E-state index is 9.98. The fraction of sp³-hybridized carbons (Fsp3) is 0.714. The Morgan fingerprint density at radius 1 is 1.17 bits per heavy atom. The van der Waals surface area contributed by atoms with Crippen LogP contribution >= 0.6 is 10.8 Å². The number of hydrogen-bond acceptors (Lipinski definition) is 7. The minimum absolute atomic E-state index is 0.502. The summed E-state index contributed by atoms with van der Waals surface area (Å²) in [6, 6.07) is 0. The highest BCUT2D eigenvalue weighted by molar-refractivity contribution is 8.22. The van der Waals surface area contributed by atoms with Crippen molar-refractivity contribution >= 4 is 27.6 Å². The van der Waals surface area contributed by atoms with Crippen LogP contribution in [0.1, 0.15) is 49.2 Å². The zero-order valence-corrected chi connectivity index (χ0v) is 19.0. The van der Waals surface area contributed by atoms with E-state index in [9.17, 15) is 9.11 Å². The van der Waals surface area contributed by atoms with Crippen molar-refractivity contribution in [1.29, 1.82) is 0 Å². The molecule has 168 valence electrons. The number of aromatic nitrogens is 3. The largest absolute Gasteiger partial charge is 0.382 e. The molecule has 1 saturated heterocycles. The van der Waals surface area contributed by atoms with Crippen molar-refractivity contribution in [3.05, 3.63) is 17.1 Å². The number of anilines is 1. The Bertz CT molecular complexity index is 897. The summed E-state index contributed by atoms with van der Waals surface area (Å²) >= 11 is 0. The molecule has 2 aliphatic rings. The van der Waals surface area contributed by atoms with Crippen LogP contribution in [-0.4, -0.2) is 60.0 Å². The van der Waals surface area contributed by atoms with Crippen LogP contribution in [0.5, 0.6) is 0 Å². The van der Waals surface area contributed by atoms with Gasteiger partial charge in [-0.05, 0) is 44.6 Å². The first kappa shape index (κ1) is 21.8. The van der Waals surface area contributed by atoms with Crippen LogP contribution in [0.2, 0.25) is 0 Å². The molecule has 0 bridgehead atoms. The van der Waals surface area contributed by atoms with E-state index in [0.717, 1.165) is 66.4 Å². The van der Waals surface area contributed by atoms with Crippen molar-refractivity contribution in [2.45, 2.75) is 58.9 Å². The zero-order chi connectivity index (χ0) is 21.3. The van der Waals surface area contributed by atoms with E-state index in [4.69, 9.17) is 15.5 Å². The van der Waals surface area contributed by atoms with Crippen LogP contribution in [0.3, 0.4) is 0 Å². The van der Waals surface area contributed by atoms with Gasteiger partial charge in [-0.1, -0.05) is 12.8 Å². The third-order valence-electron chi connectivity index (χ3n) is 6.34. The molecule has 0 atom stereocenters. The second-order valence-electron chi connectivity index (χ2n) is 8.65. The number of aryl methyl sites for hydroxylation is 3. The number of pyridine rings is 1. The molecule has 2 fully saturated rings. The van der Waals surface area contributed by atoms with Crippen LogP contribution in [0, 0.1) is 19.8 Å². The van der Waals surface area contributed by atoms with E-state index < -0.39 is 10.8 Å². The topological polar surface area (TPSA) is 110 Å². The molecule has 4 N–H and O–H groups in total. The third kappa shape index (κ3) is 4.75. The molecule has 0 radical (unpaired) electrons. The van der Waals surface area contributed by atoms with Crippen LogP contribution in [-0.2, 0) is 17.7 Å². The van der Waals surface area contributed by atoms with Crippen LogP contribution in [0.25, 0.3) is 11.0 Å². The molecule has 9 heteroatoms. The van der Waals surface area contributed by atoms with Gasteiger partial charge in [0.25, 0.3) is 0 Å². The van der Waals surface area contributed by atoms with Gasteiger partial charge in [0.2, 0.25) is 0 Å². The second kappa shape index (κ2) is 9.00. The predicted molar refractivity (Wildman–Crippen MR) is 122 cm³/mol. The second-order valence-corrected chi connectivity index (χ2v) is 10.8. The van der Waals surface area contributed by atoms with E-state index in [-0.39, 0.29) is 0 Å². The van der Waals surface area contributed by atoms with Crippen LogP contribution in [0.4, 0.5) is 5.82 Å². The highest BCUT2D eigenvalue weighted by atomic mass is 32.3. The Morgan fingerprint density at radius 2 is 1.97 bits per heavy atom. The molecule has 1 aliphatic heterocycles. The lowest BCUT2D eigenvalue weighted by atomic mass is 10.2. The van der Waals surface area contributed by atoms with Gasteiger partial charge in [-0.15, -0.1) is 10.8 Å². The maximum atomic E-state index is 9.98. The molecular formula is C21H35N5O3S. The Kier molecular flexibility index (Phi) is 6.55. The monoisotopic (exact) mass is 437 g/mol. The van der Waals surface area contributed by atoms with Crippen molar-refractivity contribution in [2.24, 2.45) is 5.92 Å². The van der Waals surface area contributed by atoms with Gasteiger partial charge in [-0.3, -0.25) is 9.11 Å². The quantitative estimate of drug-likeness (QED) is 0.486. The van der Waals surface area contributed by atoms with Gasteiger partial charge in [0.15, 0.2) is 5.82 Å². The lowest BCUT2D eigenvalue weighted by molar-refractivity contribution is 0.120. The van der Waals surface area contributed by atoms with Gasteiger partial charge in [0, 0.05) is 38.4 Å². The maximum Gasteiger partial charge on any atom is 0.151 e. The van der Waals surface area contributed by atoms with Crippen molar-refractivity contribution in [2.75, 3.05) is 37.8 Å². The summed E-state index contributed by atoms with van der Waals surface area (Å²) in [5.74, 6) is 2.94. The summed E-state index contributed by atoms with van der Waals surface area (Å²) in [6.07, 6.45) is 6.48. The van der Waals surface area contributed by atoms with Gasteiger partial charge in [-0.25, -0.2) is 14.3 Å². The van der Waals surface area contributed by atoms with Gasteiger partial charge < -0.3 is 15.0 Å². The van der Waals surface area contributed by atoms with Gasteiger partial charge in [0.05, 0.1) is 17.9 Å². The van der Waals surface area contributed by atoms with Gasteiger partial charge in [-0.2, -0.15) is 0 Å². The molecule has 1 saturated carbocycles. The molecular weight excluding hydrogens is 402 g/mol. The molecule has 4 rings (SSSR count). The molecule has 0 aromatic carbocycles. The molecule has 8 nitrogen and oxygen atoms in total. The number of rotatable bonds is 10. The summed E-state index contributed by atoms with van der Waals surface area (Å²) < 4.78 is 29.9. The number of nitrogens with two attached hydrogens (primary N) is 1. The number of nitrogen functional groups attached to an aromatic ring is 1. The average molecular weight is 438 g/mol. The van der Waals surface area contributed by atoms with E-state index in [1.807, 2.05) is 6.92 Å². The SMILES string of the molecule is Cc1nc(N)c2nc(CCC3CC3)n(CCOCCCN3CCCS3(O)O)c2c1C. The normalized spacial score (nSPS) is 20.3.